The molecule has 5 rings (SSSR count). The molecule has 226 valence electrons. The van der Waals surface area contributed by atoms with Gasteiger partial charge < -0.3 is 15.5 Å². The first kappa shape index (κ1) is 29.5. The van der Waals surface area contributed by atoms with Crippen molar-refractivity contribution in [2.24, 2.45) is 7.05 Å². The number of benzene rings is 2. The fourth-order valence-corrected chi connectivity index (χ4v) is 6.02. The number of piperidine rings is 1. The first-order chi connectivity index (χ1) is 20.5. The summed E-state index contributed by atoms with van der Waals surface area (Å²) >= 11 is 0. The number of hydrogen-bond donors (Lipinski definition) is 2. The maximum atomic E-state index is 13.8. The Kier molecular flexibility index (Phi) is 7.82. The fraction of sp³-hybridized carbons (Fsp3) is 0.400. The Balaban J connectivity index is 1.48. The number of fused-ring (bicyclic) bond motifs is 2. The minimum Gasteiger partial charge on any atom is -0.338 e. The average Bonchev–Trinajstić information content (AvgIpc) is 3.24. The van der Waals surface area contributed by atoms with E-state index >= 15 is 0 Å². The second-order valence-corrected chi connectivity index (χ2v) is 10.8. The third-order valence-electron chi connectivity index (χ3n) is 8.07. The van der Waals surface area contributed by atoms with Gasteiger partial charge in [-0.25, -0.2) is 9.59 Å². The van der Waals surface area contributed by atoms with Gasteiger partial charge in [-0.2, -0.15) is 0 Å². The third-order valence-corrected chi connectivity index (χ3v) is 8.07. The third kappa shape index (κ3) is 5.15. The number of carbonyl (C=O) groups is 3. The predicted molar refractivity (Wildman–Crippen MR) is 164 cm³/mol. The highest BCUT2D eigenvalue weighted by molar-refractivity contribution is 6.06. The smallest absolute Gasteiger partial charge is 0.331 e. The van der Waals surface area contributed by atoms with Crippen LogP contribution < -0.4 is 27.6 Å². The lowest BCUT2D eigenvalue weighted by atomic mass is 10.0. The van der Waals surface area contributed by atoms with E-state index in [-0.39, 0.29) is 42.1 Å². The van der Waals surface area contributed by atoms with Crippen molar-refractivity contribution in [3.8, 4) is 0 Å². The van der Waals surface area contributed by atoms with E-state index in [9.17, 15) is 28.8 Å². The van der Waals surface area contributed by atoms with Crippen molar-refractivity contribution in [2.75, 3.05) is 23.7 Å². The van der Waals surface area contributed by atoms with Crippen molar-refractivity contribution in [3.05, 3.63) is 67.2 Å². The molecule has 43 heavy (non-hydrogen) atoms. The van der Waals surface area contributed by atoms with Gasteiger partial charge in [-0.1, -0.05) is 0 Å². The van der Waals surface area contributed by atoms with Crippen LogP contribution in [0.1, 0.15) is 56.9 Å². The summed E-state index contributed by atoms with van der Waals surface area (Å²) in [6.45, 7) is 7.85. The van der Waals surface area contributed by atoms with Crippen LogP contribution in [0.2, 0.25) is 0 Å². The summed E-state index contributed by atoms with van der Waals surface area (Å²) in [5.74, 6) is -0.939. The van der Waals surface area contributed by atoms with Crippen LogP contribution in [-0.4, -0.2) is 54.0 Å². The molecule has 2 aromatic heterocycles. The maximum absolute atomic E-state index is 13.8. The molecule has 0 unspecified atom stereocenters. The van der Waals surface area contributed by atoms with E-state index in [2.05, 4.69) is 10.6 Å². The molecule has 1 saturated heterocycles. The quantitative estimate of drug-likeness (QED) is 0.352. The minimum absolute atomic E-state index is 0.189. The zero-order chi connectivity index (χ0) is 31.2. The number of imidazole rings is 1. The first-order valence-electron chi connectivity index (χ1n) is 14.3. The Hall–Kier alpha value is -4.94. The Morgan fingerprint density at radius 3 is 2.00 bits per heavy atom. The van der Waals surface area contributed by atoms with E-state index in [4.69, 9.17) is 0 Å². The number of likely N-dealkylation sites (tertiary alicyclic amines) is 1. The van der Waals surface area contributed by atoms with E-state index in [1.807, 2.05) is 13.8 Å². The SMILES string of the molecule is CCn1c(=O)n(CC)c2cc(C(=O)N3CCC(n4c(=O)c5cc(NC(C)=O)ccc5n(C)c4=O)CC3)c(NC(C)=O)cc21. The van der Waals surface area contributed by atoms with Gasteiger partial charge in [0.1, 0.15) is 0 Å². The fourth-order valence-electron chi connectivity index (χ4n) is 6.02. The maximum Gasteiger partial charge on any atom is 0.331 e. The lowest BCUT2D eigenvalue weighted by Gasteiger charge is -2.33. The van der Waals surface area contributed by atoms with Crippen molar-refractivity contribution in [3.63, 3.8) is 0 Å². The summed E-state index contributed by atoms with van der Waals surface area (Å²) < 4.78 is 5.85. The van der Waals surface area contributed by atoms with E-state index in [1.54, 1.807) is 51.4 Å². The molecule has 4 aromatic rings. The normalized spacial score (nSPS) is 13.9. The monoisotopic (exact) mass is 589 g/mol. The second-order valence-electron chi connectivity index (χ2n) is 10.8. The number of rotatable bonds is 6. The first-order valence-corrected chi connectivity index (χ1v) is 14.3. The summed E-state index contributed by atoms with van der Waals surface area (Å²) in [6.07, 6.45) is 0.725. The lowest BCUT2D eigenvalue weighted by molar-refractivity contribution is -0.115. The molecule has 13 nitrogen and oxygen atoms in total. The van der Waals surface area contributed by atoms with Gasteiger partial charge in [0.15, 0.2) is 0 Å². The zero-order valence-electron chi connectivity index (χ0n) is 24.9. The molecule has 1 aliphatic rings. The second kappa shape index (κ2) is 11.4. The molecule has 0 aliphatic carbocycles. The van der Waals surface area contributed by atoms with Gasteiger partial charge in [-0.3, -0.25) is 37.4 Å². The molecular formula is C30H35N7O6. The van der Waals surface area contributed by atoms with Gasteiger partial charge in [0.05, 0.1) is 33.2 Å². The molecule has 0 bridgehead atoms. The van der Waals surface area contributed by atoms with Crippen molar-refractivity contribution < 1.29 is 14.4 Å². The number of hydrogen-bond acceptors (Lipinski definition) is 6. The Labute approximate surface area is 246 Å². The zero-order valence-corrected chi connectivity index (χ0v) is 24.9. The van der Waals surface area contributed by atoms with E-state index in [1.165, 1.54) is 23.0 Å². The number of nitrogens with zero attached hydrogens (tertiary/aromatic N) is 5. The molecule has 1 fully saturated rings. The standard InChI is InChI=1S/C30H35N7O6/c1-6-35-25-15-21(23(32-18(4)39)16-26(25)36(7-2)30(35)43)27(40)34-12-10-20(11-13-34)37-28(41)22-14-19(31-17(3)38)8-9-24(22)33(5)29(37)42/h8-9,14-16,20H,6-7,10-13H2,1-5H3,(H,31,38)(H,32,39). The van der Waals surface area contributed by atoms with Crippen LogP contribution in [0, 0.1) is 0 Å². The average molecular weight is 590 g/mol. The van der Waals surface area contributed by atoms with E-state index < -0.39 is 17.3 Å². The predicted octanol–water partition coefficient (Wildman–Crippen LogP) is 2.25. The van der Waals surface area contributed by atoms with Crippen molar-refractivity contribution in [2.45, 2.75) is 59.7 Å². The van der Waals surface area contributed by atoms with Crippen LogP contribution in [-0.2, 0) is 29.7 Å². The molecular weight excluding hydrogens is 554 g/mol. The number of carbonyl (C=O) groups excluding carboxylic acids is 3. The molecule has 1 aliphatic heterocycles. The van der Waals surface area contributed by atoms with Crippen LogP contribution in [0.3, 0.4) is 0 Å². The minimum atomic E-state index is -0.453. The van der Waals surface area contributed by atoms with Crippen molar-refractivity contribution in [1.29, 1.82) is 0 Å². The van der Waals surface area contributed by atoms with Gasteiger partial charge in [0, 0.05) is 58.8 Å². The lowest BCUT2D eigenvalue weighted by Crippen LogP contribution is -2.46. The molecule has 2 N–H and O–H groups in total. The molecule has 0 saturated carbocycles. The van der Waals surface area contributed by atoms with Gasteiger partial charge in [0.25, 0.3) is 11.5 Å². The largest absolute Gasteiger partial charge is 0.338 e. The molecule has 2 aromatic carbocycles. The summed E-state index contributed by atoms with van der Waals surface area (Å²) in [5.41, 5.74) is 1.63. The van der Waals surface area contributed by atoms with Gasteiger partial charge in [-0.05, 0) is 57.0 Å². The van der Waals surface area contributed by atoms with Gasteiger partial charge >= 0.3 is 11.4 Å². The highest BCUT2D eigenvalue weighted by atomic mass is 16.2. The molecule has 3 heterocycles. The molecule has 0 spiro atoms. The molecule has 0 radical (unpaired) electrons. The van der Waals surface area contributed by atoms with Gasteiger partial charge in [0.2, 0.25) is 11.8 Å². The summed E-state index contributed by atoms with van der Waals surface area (Å²) in [4.78, 5) is 78.9. The topological polar surface area (TPSA) is 149 Å². The van der Waals surface area contributed by atoms with Crippen molar-refractivity contribution >= 4 is 51.0 Å². The van der Waals surface area contributed by atoms with Crippen LogP contribution in [0.25, 0.3) is 21.9 Å². The van der Waals surface area contributed by atoms with Crippen LogP contribution in [0.4, 0.5) is 11.4 Å². The molecule has 0 atom stereocenters. The van der Waals surface area contributed by atoms with Crippen LogP contribution in [0.5, 0.6) is 0 Å². The number of aromatic nitrogens is 4. The Bertz CT molecular complexity index is 1970. The summed E-state index contributed by atoms with van der Waals surface area (Å²) in [7, 11) is 1.60. The highest BCUT2D eigenvalue weighted by Crippen LogP contribution is 2.28. The van der Waals surface area contributed by atoms with Gasteiger partial charge in [-0.15, -0.1) is 0 Å². The number of anilines is 2. The number of nitrogens with one attached hydrogen (secondary N) is 2. The van der Waals surface area contributed by atoms with Crippen LogP contribution in [0.15, 0.2) is 44.7 Å². The number of aryl methyl sites for hydroxylation is 3. The Morgan fingerprint density at radius 2 is 1.42 bits per heavy atom. The van der Waals surface area contributed by atoms with Crippen LogP contribution >= 0.6 is 0 Å². The summed E-state index contributed by atoms with van der Waals surface area (Å²) in [6, 6.07) is 7.72. The van der Waals surface area contributed by atoms with E-state index in [0.717, 1.165) is 0 Å². The Morgan fingerprint density at radius 1 is 0.814 bits per heavy atom. The molecule has 3 amide bonds. The van der Waals surface area contributed by atoms with E-state index in [0.29, 0.717) is 59.2 Å². The number of amides is 3. The highest BCUT2D eigenvalue weighted by Gasteiger charge is 2.29. The summed E-state index contributed by atoms with van der Waals surface area (Å²) in [5, 5.41) is 5.72. The van der Waals surface area contributed by atoms with Crippen molar-refractivity contribution in [1.82, 2.24) is 23.2 Å². The molecule has 13 heteroatoms.